The Bertz CT molecular complexity index is 632. The van der Waals surface area contributed by atoms with Crippen LogP contribution in [0.2, 0.25) is 0 Å². The highest BCUT2D eigenvalue weighted by Crippen LogP contribution is 2.31. The fourth-order valence-corrected chi connectivity index (χ4v) is 3.03. The number of nitrogens with one attached hydrogen (secondary N) is 3. The Balaban J connectivity index is 0.00000208. The van der Waals surface area contributed by atoms with Crippen molar-refractivity contribution in [3.8, 4) is 11.3 Å². The number of piperidine rings is 1. The Morgan fingerprint density at radius 1 is 1.25 bits per heavy atom. The molecule has 3 rings (SSSR count). The average Bonchev–Trinajstić information content (AvgIpc) is 3.11. The average molecular weight is 351 g/mol. The van der Waals surface area contributed by atoms with Crippen molar-refractivity contribution in [2.75, 3.05) is 32.1 Å². The molecule has 0 saturated carbocycles. The minimum atomic E-state index is -0.442. The smallest absolute Gasteiger partial charge is 0.233 e. The van der Waals surface area contributed by atoms with E-state index in [4.69, 9.17) is 4.74 Å². The Kier molecular flexibility index (Phi) is 6.36. The summed E-state index contributed by atoms with van der Waals surface area (Å²) in [6, 6.07) is 9.67. The molecule has 3 N–H and O–H groups in total. The highest BCUT2D eigenvalue weighted by atomic mass is 35.5. The fourth-order valence-electron chi connectivity index (χ4n) is 3.03. The molecular weight excluding hydrogens is 328 g/mol. The third-order valence-electron chi connectivity index (χ3n) is 4.42. The van der Waals surface area contributed by atoms with Crippen molar-refractivity contribution >= 4 is 24.0 Å². The minimum absolute atomic E-state index is 0. The highest BCUT2D eigenvalue weighted by Gasteiger charge is 2.39. The van der Waals surface area contributed by atoms with Crippen LogP contribution in [0.25, 0.3) is 11.3 Å². The summed E-state index contributed by atoms with van der Waals surface area (Å²) in [6.45, 7) is 2.14. The SMILES string of the molecule is COCC1(C(=O)Nc2ccc(-c3ccn[nH]3)cc2)CCNCC1.Cl. The van der Waals surface area contributed by atoms with Crippen LogP contribution in [0.1, 0.15) is 12.8 Å². The number of hydrogen-bond donors (Lipinski definition) is 3. The van der Waals surface area contributed by atoms with Gasteiger partial charge in [0.2, 0.25) is 5.91 Å². The second-order valence-corrected chi connectivity index (χ2v) is 5.97. The van der Waals surface area contributed by atoms with Crippen LogP contribution in [0.4, 0.5) is 5.69 Å². The van der Waals surface area contributed by atoms with Crippen molar-refractivity contribution in [1.29, 1.82) is 0 Å². The number of amides is 1. The molecule has 2 aromatic rings. The molecule has 0 bridgehead atoms. The molecule has 1 saturated heterocycles. The van der Waals surface area contributed by atoms with Crippen molar-refractivity contribution in [2.24, 2.45) is 5.41 Å². The van der Waals surface area contributed by atoms with Gasteiger partial charge in [-0.25, -0.2) is 0 Å². The van der Waals surface area contributed by atoms with Gasteiger partial charge < -0.3 is 15.4 Å². The summed E-state index contributed by atoms with van der Waals surface area (Å²) in [5, 5.41) is 13.2. The maximum Gasteiger partial charge on any atom is 0.233 e. The third-order valence-corrected chi connectivity index (χ3v) is 4.42. The number of halogens is 1. The van der Waals surface area contributed by atoms with E-state index in [0.717, 1.165) is 42.9 Å². The molecule has 1 aromatic carbocycles. The summed E-state index contributed by atoms with van der Waals surface area (Å²) in [7, 11) is 1.65. The predicted molar refractivity (Wildman–Crippen MR) is 96.3 cm³/mol. The van der Waals surface area contributed by atoms with E-state index >= 15 is 0 Å². The zero-order valence-electron chi connectivity index (χ0n) is 13.7. The van der Waals surface area contributed by atoms with Crippen molar-refractivity contribution in [2.45, 2.75) is 12.8 Å². The van der Waals surface area contributed by atoms with Gasteiger partial charge in [-0.2, -0.15) is 5.10 Å². The van der Waals surface area contributed by atoms with Gasteiger partial charge in [0, 0.05) is 19.0 Å². The van der Waals surface area contributed by atoms with E-state index in [1.54, 1.807) is 13.3 Å². The predicted octanol–water partition coefficient (Wildman–Crippen LogP) is 2.45. The van der Waals surface area contributed by atoms with Gasteiger partial charge in [-0.05, 0) is 49.7 Å². The van der Waals surface area contributed by atoms with Crippen LogP contribution < -0.4 is 10.6 Å². The van der Waals surface area contributed by atoms with Crippen LogP contribution in [-0.4, -0.2) is 42.9 Å². The zero-order chi connectivity index (χ0) is 16.1. The highest BCUT2D eigenvalue weighted by molar-refractivity contribution is 5.95. The minimum Gasteiger partial charge on any atom is -0.384 e. The quantitative estimate of drug-likeness (QED) is 0.774. The molecular formula is C17H23ClN4O2. The molecule has 1 aliphatic rings. The van der Waals surface area contributed by atoms with E-state index in [9.17, 15) is 4.79 Å². The van der Waals surface area contributed by atoms with Crippen molar-refractivity contribution in [3.05, 3.63) is 36.5 Å². The number of nitrogens with zero attached hydrogens (tertiary/aromatic N) is 1. The molecule has 0 atom stereocenters. The number of aromatic amines is 1. The van der Waals surface area contributed by atoms with Crippen LogP contribution >= 0.6 is 12.4 Å². The normalized spacial score (nSPS) is 16.2. The Labute approximate surface area is 147 Å². The van der Waals surface area contributed by atoms with Gasteiger partial charge in [-0.1, -0.05) is 12.1 Å². The molecule has 0 radical (unpaired) electrons. The van der Waals surface area contributed by atoms with Crippen LogP contribution in [-0.2, 0) is 9.53 Å². The van der Waals surface area contributed by atoms with Gasteiger partial charge in [-0.3, -0.25) is 9.89 Å². The summed E-state index contributed by atoms with van der Waals surface area (Å²) in [4.78, 5) is 12.8. The van der Waals surface area contributed by atoms with Crippen LogP contribution in [0, 0.1) is 5.41 Å². The number of carbonyl (C=O) groups excluding carboxylic acids is 1. The van der Waals surface area contributed by atoms with E-state index in [1.165, 1.54) is 0 Å². The number of ether oxygens (including phenoxy) is 1. The fraction of sp³-hybridized carbons (Fsp3) is 0.412. The summed E-state index contributed by atoms with van der Waals surface area (Å²) in [5.41, 5.74) is 2.35. The first kappa shape index (κ1) is 18.4. The molecule has 1 aliphatic heterocycles. The van der Waals surface area contributed by atoms with Gasteiger partial charge in [0.15, 0.2) is 0 Å². The number of benzene rings is 1. The number of carbonyl (C=O) groups is 1. The first-order valence-electron chi connectivity index (χ1n) is 7.84. The lowest BCUT2D eigenvalue weighted by molar-refractivity contribution is -0.130. The van der Waals surface area contributed by atoms with Crippen molar-refractivity contribution in [1.82, 2.24) is 15.5 Å². The van der Waals surface area contributed by atoms with Gasteiger partial charge in [0.25, 0.3) is 0 Å². The summed E-state index contributed by atoms with van der Waals surface area (Å²) >= 11 is 0. The van der Waals surface area contributed by atoms with E-state index in [-0.39, 0.29) is 18.3 Å². The van der Waals surface area contributed by atoms with Crippen molar-refractivity contribution < 1.29 is 9.53 Å². The van der Waals surface area contributed by atoms with E-state index in [1.807, 2.05) is 30.3 Å². The molecule has 0 unspecified atom stereocenters. The lowest BCUT2D eigenvalue weighted by Gasteiger charge is -2.35. The molecule has 130 valence electrons. The monoisotopic (exact) mass is 350 g/mol. The number of anilines is 1. The topological polar surface area (TPSA) is 79.0 Å². The first-order chi connectivity index (χ1) is 11.2. The summed E-state index contributed by atoms with van der Waals surface area (Å²) < 4.78 is 5.31. The maximum absolute atomic E-state index is 12.8. The Morgan fingerprint density at radius 3 is 2.54 bits per heavy atom. The maximum atomic E-state index is 12.8. The number of hydrogen-bond acceptors (Lipinski definition) is 4. The zero-order valence-corrected chi connectivity index (χ0v) is 14.5. The van der Waals surface area contributed by atoms with Gasteiger partial charge >= 0.3 is 0 Å². The van der Waals surface area contributed by atoms with E-state index in [0.29, 0.717) is 6.61 Å². The molecule has 0 spiro atoms. The second-order valence-electron chi connectivity index (χ2n) is 5.97. The van der Waals surface area contributed by atoms with Crippen LogP contribution in [0.5, 0.6) is 0 Å². The third kappa shape index (κ3) is 3.95. The lowest BCUT2D eigenvalue weighted by Crippen LogP contribution is -2.47. The van der Waals surface area contributed by atoms with Crippen LogP contribution in [0.15, 0.2) is 36.5 Å². The molecule has 1 amide bonds. The first-order valence-corrected chi connectivity index (χ1v) is 7.84. The van der Waals surface area contributed by atoms with E-state index < -0.39 is 5.41 Å². The molecule has 6 nitrogen and oxygen atoms in total. The standard InChI is InChI=1S/C17H22N4O2.ClH/c1-23-12-17(7-10-18-11-8-17)16(22)20-14-4-2-13(3-5-14)15-6-9-19-21-15;/h2-6,9,18H,7-8,10-12H2,1H3,(H,19,21)(H,20,22);1H. The number of aromatic nitrogens is 2. The summed E-state index contributed by atoms with van der Waals surface area (Å²) in [5.74, 6) is 0.0372. The number of methoxy groups -OCH3 is 1. The Hall–Kier alpha value is -1.89. The van der Waals surface area contributed by atoms with Crippen LogP contribution in [0.3, 0.4) is 0 Å². The summed E-state index contributed by atoms with van der Waals surface area (Å²) in [6.07, 6.45) is 3.30. The van der Waals surface area contributed by atoms with Gasteiger partial charge in [0.1, 0.15) is 0 Å². The number of rotatable bonds is 5. The molecule has 7 heteroatoms. The van der Waals surface area contributed by atoms with Gasteiger partial charge in [-0.15, -0.1) is 12.4 Å². The lowest BCUT2D eigenvalue weighted by atomic mass is 9.78. The molecule has 1 aromatic heterocycles. The largest absolute Gasteiger partial charge is 0.384 e. The second kappa shape index (κ2) is 8.28. The molecule has 0 aliphatic carbocycles. The molecule has 1 fully saturated rings. The number of H-pyrrole nitrogens is 1. The Morgan fingerprint density at radius 2 is 1.96 bits per heavy atom. The van der Waals surface area contributed by atoms with E-state index in [2.05, 4.69) is 20.8 Å². The molecule has 24 heavy (non-hydrogen) atoms. The molecule has 2 heterocycles. The van der Waals surface area contributed by atoms with Gasteiger partial charge in [0.05, 0.1) is 17.7 Å². The van der Waals surface area contributed by atoms with Crippen molar-refractivity contribution in [3.63, 3.8) is 0 Å².